The first-order chi connectivity index (χ1) is 11.5. The summed E-state index contributed by atoms with van der Waals surface area (Å²) >= 11 is 0. The zero-order chi connectivity index (χ0) is 17.2. The minimum absolute atomic E-state index is 0.130. The highest BCUT2D eigenvalue weighted by Gasteiger charge is 2.33. The Morgan fingerprint density at radius 1 is 0.958 bits per heavy atom. The van der Waals surface area contributed by atoms with Crippen LogP contribution in [0.1, 0.15) is 29.5 Å². The minimum atomic E-state index is -4.85. The summed E-state index contributed by atoms with van der Waals surface area (Å²) in [5, 5.41) is 11.3. The molecular weight excluding hydrogens is 321 g/mol. The number of hydrogen-bond donors (Lipinski definition) is 0. The van der Waals surface area contributed by atoms with E-state index >= 15 is 0 Å². The van der Waals surface area contributed by atoms with E-state index in [4.69, 9.17) is 4.74 Å². The smallest absolute Gasteiger partial charge is 0.453 e. The van der Waals surface area contributed by atoms with Crippen LogP contribution in [0.15, 0.2) is 36.4 Å². The van der Waals surface area contributed by atoms with Crippen molar-refractivity contribution in [1.29, 1.82) is 0 Å². The maximum atomic E-state index is 12.6. The number of halogens is 3. The van der Waals surface area contributed by atoms with Crippen LogP contribution in [0.25, 0.3) is 0 Å². The number of rotatable bonds is 4. The van der Waals surface area contributed by atoms with Gasteiger partial charge >= 0.3 is 6.36 Å². The van der Waals surface area contributed by atoms with E-state index in [-0.39, 0.29) is 11.3 Å². The predicted octanol–water partition coefficient (Wildman–Crippen LogP) is 5.19. The topological polar surface area (TPSA) is 38.4 Å². The molecule has 0 aromatic heterocycles. The highest BCUT2D eigenvalue weighted by Crippen LogP contribution is 2.40. The van der Waals surface area contributed by atoms with Crippen LogP contribution >= 0.6 is 0 Å². The van der Waals surface area contributed by atoms with E-state index in [1.165, 1.54) is 12.1 Å². The third kappa shape index (κ3) is 3.64. The van der Waals surface area contributed by atoms with Crippen LogP contribution in [0.2, 0.25) is 0 Å². The number of hydrogen-bond acceptors (Lipinski definition) is 2. The van der Waals surface area contributed by atoms with Crippen molar-refractivity contribution in [2.45, 2.75) is 38.7 Å². The molecule has 3 nitrogen and oxygen atoms in total. The Morgan fingerprint density at radius 3 is 2.42 bits per heavy atom. The number of alkyl halides is 3. The van der Waals surface area contributed by atoms with Crippen molar-refractivity contribution in [2.24, 2.45) is 0 Å². The van der Waals surface area contributed by atoms with Crippen molar-refractivity contribution in [1.82, 2.24) is 0 Å². The monoisotopic (exact) mass is 337 g/mol. The molecular formula is C18H16F3O3. The lowest BCUT2D eigenvalue weighted by molar-refractivity contribution is -0.275. The Bertz CT molecular complexity index is 726. The normalized spacial score (nSPS) is 14.2. The van der Waals surface area contributed by atoms with Gasteiger partial charge in [-0.25, -0.2) is 5.11 Å². The van der Waals surface area contributed by atoms with Crippen molar-refractivity contribution < 1.29 is 27.8 Å². The molecule has 0 amide bonds. The number of aryl methyl sites for hydroxylation is 1. The van der Waals surface area contributed by atoms with Crippen molar-refractivity contribution in [2.75, 3.05) is 0 Å². The van der Waals surface area contributed by atoms with Gasteiger partial charge in [-0.1, -0.05) is 24.3 Å². The third-order valence-corrected chi connectivity index (χ3v) is 4.01. The lowest BCUT2D eigenvalue weighted by atomic mass is 9.91. The van der Waals surface area contributed by atoms with E-state index in [0.29, 0.717) is 5.75 Å². The van der Waals surface area contributed by atoms with Gasteiger partial charge in [0.1, 0.15) is 12.4 Å². The number of benzene rings is 2. The van der Waals surface area contributed by atoms with E-state index in [0.717, 1.165) is 42.9 Å². The van der Waals surface area contributed by atoms with Crippen LogP contribution in [0.5, 0.6) is 17.2 Å². The van der Waals surface area contributed by atoms with Crippen molar-refractivity contribution in [3.8, 4) is 17.2 Å². The molecule has 0 spiro atoms. The second kappa shape index (κ2) is 6.73. The Balaban J connectivity index is 2.00. The summed E-state index contributed by atoms with van der Waals surface area (Å²) < 4.78 is 47.6. The van der Waals surface area contributed by atoms with Gasteiger partial charge in [0, 0.05) is 5.56 Å². The average molecular weight is 337 g/mol. The highest BCUT2D eigenvalue weighted by atomic mass is 19.4. The van der Waals surface area contributed by atoms with Gasteiger partial charge < -0.3 is 9.47 Å². The summed E-state index contributed by atoms with van der Waals surface area (Å²) in [5.41, 5.74) is 2.25. The molecule has 0 heterocycles. The first-order valence-electron chi connectivity index (χ1n) is 7.72. The molecule has 2 aromatic carbocycles. The van der Waals surface area contributed by atoms with Crippen LogP contribution in [-0.4, -0.2) is 6.36 Å². The van der Waals surface area contributed by atoms with Gasteiger partial charge in [-0.2, -0.15) is 0 Å². The summed E-state index contributed by atoms with van der Waals surface area (Å²) in [4.78, 5) is 0. The lowest BCUT2D eigenvalue weighted by Gasteiger charge is -2.21. The van der Waals surface area contributed by atoms with E-state index < -0.39 is 18.7 Å². The molecule has 6 heteroatoms. The van der Waals surface area contributed by atoms with E-state index in [2.05, 4.69) is 4.74 Å². The van der Waals surface area contributed by atoms with Crippen LogP contribution in [-0.2, 0) is 24.6 Å². The van der Waals surface area contributed by atoms with Crippen LogP contribution in [0.3, 0.4) is 0 Å². The van der Waals surface area contributed by atoms with Crippen molar-refractivity contribution >= 4 is 0 Å². The van der Waals surface area contributed by atoms with Gasteiger partial charge in [0.05, 0.1) is 0 Å². The number of para-hydroxylation sites is 1. The molecule has 2 aromatic rings. The predicted molar refractivity (Wildman–Crippen MR) is 80.7 cm³/mol. The molecule has 0 unspecified atom stereocenters. The summed E-state index contributed by atoms with van der Waals surface area (Å²) in [6.45, 7) is -0.695. The first-order valence-corrected chi connectivity index (χ1v) is 7.72. The molecule has 0 bridgehead atoms. The first kappa shape index (κ1) is 16.6. The standard InChI is InChI=1S/C18H16F3O3/c19-18(20,21)24-16-10-4-7-13(11-22)17(16)23-15-9-3-6-12-5-1-2-8-14(12)15/h3-4,6-7,9-10H,1-2,5,8,11H2. The quantitative estimate of drug-likeness (QED) is 0.770. The molecule has 0 N–H and O–H groups in total. The second-order valence-corrected chi connectivity index (χ2v) is 5.64. The van der Waals surface area contributed by atoms with Gasteiger partial charge in [0.25, 0.3) is 0 Å². The highest BCUT2D eigenvalue weighted by molar-refractivity contribution is 5.51. The van der Waals surface area contributed by atoms with Crippen molar-refractivity contribution in [3.05, 3.63) is 53.1 Å². The zero-order valence-corrected chi connectivity index (χ0v) is 12.9. The molecule has 0 atom stereocenters. The molecule has 1 radical (unpaired) electrons. The van der Waals surface area contributed by atoms with Gasteiger partial charge in [-0.05, 0) is 48.9 Å². The maximum Gasteiger partial charge on any atom is 0.573 e. The fourth-order valence-corrected chi connectivity index (χ4v) is 2.95. The van der Waals surface area contributed by atoms with Crippen LogP contribution < -0.4 is 9.47 Å². The third-order valence-electron chi connectivity index (χ3n) is 4.01. The Kier molecular flexibility index (Phi) is 4.66. The molecule has 0 saturated carbocycles. The maximum absolute atomic E-state index is 12.6. The second-order valence-electron chi connectivity index (χ2n) is 5.64. The molecule has 1 aliphatic carbocycles. The lowest BCUT2D eigenvalue weighted by Crippen LogP contribution is -2.18. The summed E-state index contributed by atoms with van der Waals surface area (Å²) in [6.07, 6.45) is -1.05. The Hall–Kier alpha value is -2.21. The van der Waals surface area contributed by atoms with Gasteiger partial charge in [-0.3, -0.25) is 0 Å². The molecule has 127 valence electrons. The van der Waals surface area contributed by atoms with Crippen LogP contribution in [0, 0.1) is 0 Å². The van der Waals surface area contributed by atoms with Gasteiger partial charge in [-0.15, -0.1) is 13.2 Å². The SMILES string of the molecule is [O]Cc1cccc(OC(F)(F)F)c1Oc1cccc2c1CCCC2. The molecule has 0 aliphatic heterocycles. The largest absolute Gasteiger partial charge is 0.573 e. The van der Waals surface area contributed by atoms with Gasteiger partial charge in [0.2, 0.25) is 0 Å². The van der Waals surface area contributed by atoms with E-state index in [9.17, 15) is 18.3 Å². The molecule has 0 saturated heterocycles. The number of fused-ring (bicyclic) bond motifs is 1. The Labute approximate surface area is 137 Å². The van der Waals surface area contributed by atoms with Gasteiger partial charge in [0.15, 0.2) is 11.5 Å². The summed E-state index contributed by atoms with van der Waals surface area (Å²) in [7, 11) is 0. The van der Waals surface area contributed by atoms with Crippen molar-refractivity contribution in [3.63, 3.8) is 0 Å². The molecule has 24 heavy (non-hydrogen) atoms. The van der Waals surface area contributed by atoms with E-state index in [1.807, 2.05) is 12.1 Å². The fraction of sp³-hybridized carbons (Fsp3) is 0.333. The molecule has 0 fully saturated rings. The average Bonchev–Trinajstić information content (AvgIpc) is 2.55. The number of ether oxygens (including phenoxy) is 2. The van der Waals surface area contributed by atoms with E-state index in [1.54, 1.807) is 6.07 Å². The summed E-state index contributed by atoms with van der Waals surface area (Å²) in [6, 6.07) is 9.46. The fourth-order valence-electron chi connectivity index (χ4n) is 2.95. The summed E-state index contributed by atoms with van der Waals surface area (Å²) in [5.74, 6) is -0.173. The molecule has 1 aliphatic rings. The Morgan fingerprint density at radius 2 is 1.67 bits per heavy atom. The molecule has 3 rings (SSSR count). The van der Waals surface area contributed by atoms with Crippen LogP contribution in [0.4, 0.5) is 13.2 Å². The minimum Gasteiger partial charge on any atom is -0.453 e. The zero-order valence-electron chi connectivity index (χ0n) is 12.9.